The summed E-state index contributed by atoms with van der Waals surface area (Å²) in [6.07, 6.45) is 6.00. The molecule has 0 unspecified atom stereocenters. The lowest BCUT2D eigenvalue weighted by Crippen LogP contribution is -2.44. The third-order valence-corrected chi connectivity index (χ3v) is 5.96. The highest BCUT2D eigenvalue weighted by Crippen LogP contribution is 2.38. The summed E-state index contributed by atoms with van der Waals surface area (Å²) in [6.45, 7) is 0.542. The maximum Gasteiger partial charge on any atom is 0.168 e. The van der Waals surface area contributed by atoms with Crippen LogP contribution in [0.15, 0.2) is 0 Å². The highest BCUT2D eigenvalue weighted by Gasteiger charge is 2.44. The molecule has 5 N–H and O–H groups in total. The Balaban J connectivity index is 1.35. The third kappa shape index (κ3) is 4.53. The molecule has 3 saturated heterocycles. The Morgan fingerprint density at radius 1 is 1.12 bits per heavy atom. The molecule has 3 heterocycles. The van der Waals surface area contributed by atoms with Crippen LogP contribution in [0.2, 0.25) is 0 Å². The maximum atomic E-state index is 10.3. The standard InChI is InChI=1S/C18H33NO6/c20-11-13-16(22)17(23)15(19-13)14(21)7-2-1-5-12-6-3-8-18(25-12)9-4-10-24-18/h12-17,19-23H,1-11H2/t12-,13-,14+,15-,16-,17-,18-/m1/s1. The largest absolute Gasteiger partial charge is 0.395 e. The molecule has 0 aromatic rings. The van der Waals surface area contributed by atoms with Crippen molar-refractivity contribution >= 4 is 0 Å². The van der Waals surface area contributed by atoms with Gasteiger partial charge >= 0.3 is 0 Å². The third-order valence-electron chi connectivity index (χ3n) is 5.96. The summed E-state index contributed by atoms with van der Waals surface area (Å²) in [6, 6.07) is -1.17. The van der Waals surface area contributed by atoms with Crippen molar-refractivity contribution in [2.24, 2.45) is 0 Å². The summed E-state index contributed by atoms with van der Waals surface area (Å²) in [5.41, 5.74) is 0. The van der Waals surface area contributed by atoms with Crippen molar-refractivity contribution in [1.29, 1.82) is 0 Å². The van der Waals surface area contributed by atoms with Gasteiger partial charge in [0, 0.05) is 12.8 Å². The molecule has 7 heteroatoms. The number of ether oxygens (including phenoxy) is 2. The van der Waals surface area contributed by atoms with Gasteiger partial charge in [-0.1, -0.05) is 12.8 Å². The Bertz CT molecular complexity index is 416. The fourth-order valence-corrected chi connectivity index (χ4v) is 4.49. The number of aliphatic hydroxyl groups excluding tert-OH is 4. The minimum atomic E-state index is -1.05. The zero-order chi connectivity index (χ0) is 17.9. The molecule has 0 radical (unpaired) electrons. The van der Waals surface area contributed by atoms with E-state index in [2.05, 4.69) is 5.32 Å². The first-order valence-electron chi connectivity index (χ1n) is 9.77. The van der Waals surface area contributed by atoms with Crippen molar-refractivity contribution in [2.75, 3.05) is 13.2 Å². The van der Waals surface area contributed by atoms with Crippen molar-refractivity contribution in [3.63, 3.8) is 0 Å². The van der Waals surface area contributed by atoms with Crippen LogP contribution in [-0.4, -0.2) is 75.9 Å². The zero-order valence-corrected chi connectivity index (χ0v) is 14.8. The topological polar surface area (TPSA) is 111 Å². The fourth-order valence-electron chi connectivity index (χ4n) is 4.49. The number of hydrogen-bond donors (Lipinski definition) is 5. The average Bonchev–Trinajstić information content (AvgIpc) is 3.17. The molecule has 0 saturated carbocycles. The quantitative estimate of drug-likeness (QED) is 0.408. The second-order valence-corrected chi connectivity index (χ2v) is 7.81. The molecule has 3 fully saturated rings. The van der Waals surface area contributed by atoms with Gasteiger partial charge in [0.25, 0.3) is 0 Å². The Hall–Kier alpha value is -0.280. The second-order valence-electron chi connectivity index (χ2n) is 7.81. The predicted octanol–water partition coefficient (Wildman–Crippen LogP) is 0.0380. The van der Waals surface area contributed by atoms with E-state index in [1.54, 1.807) is 0 Å². The van der Waals surface area contributed by atoms with E-state index in [1.165, 1.54) is 0 Å². The lowest BCUT2D eigenvalue weighted by atomic mass is 9.95. The average molecular weight is 359 g/mol. The molecule has 0 aliphatic carbocycles. The van der Waals surface area contributed by atoms with Crippen LogP contribution in [0.1, 0.15) is 57.8 Å². The van der Waals surface area contributed by atoms with Crippen LogP contribution in [0.5, 0.6) is 0 Å². The molecular formula is C18H33NO6. The van der Waals surface area contributed by atoms with Gasteiger partial charge in [-0.2, -0.15) is 0 Å². The van der Waals surface area contributed by atoms with Gasteiger partial charge in [-0.25, -0.2) is 0 Å². The molecule has 7 atom stereocenters. The van der Waals surface area contributed by atoms with Gasteiger partial charge in [0.15, 0.2) is 5.79 Å². The number of unbranched alkanes of at least 4 members (excludes halogenated alkanes) is 1. The Morgan fingerprint density at radius 2 is 1.92 bits per heavy atom. The van der Waals surface area contributed by atoms with E-state index in [0.29, 0.717) is 6.42 Å². The van der Waals surface area contributed by atoms with E-state index >= 15 is 0 Å². The number of nitrogens with one attached hydrogen (secondary N) is 1. The number of rotatable bonds is 7. The highest BCUT2D eigenvalue weighted by atomic mass is 16.7. The van der Waals surface area contributed by atoms with Crippen LogP contribution in [0.3, 0.4) is 0 Å². The summed E-state index contributed by atoms with van der Waals surface area (Å²) in [4.78, 5) is 0. The minimum absolute atomic E-state index is 0.236. The molecule has 146 valence electrons. The first-order chi connectivity index (χ1) is 12.0. The molecule has 0 bridgehead atoms. The molecule has 25 heavy (non-hydrogen) atoms. The lowest BCUT2D eigenvalue weighted by Gasteiger charge is -2.37. The summed E-state index contributed by atoms with van der Waals surface area (Å²) in [5.74, 6) is -0.324. The van der Waals surface area contributed by atoms with Gasteiger partial charge in [0.1, 0.15) is 0 Å². The lowest BCUT2D eigenvalue weighted by molar-refractivity contribution is -0.258. The molecule has 3 rings (SSSR count). The molecular weight excluding hydrogens is 326 g/mol. The molecule has 0 amide bonds. The summed E-state index contributed by atoms with van der Waals surface area (Å²) < 4.78 is 12.0. The number of hydrogen-bond acceptors (Lipinski definition) is 7. The molecule has 3 aliphatic heterocycles. The molecule has 0 aromatic heterocycles. The Kier molecular flexibility index (Phi) is 6.71. The Labute approximate surface area is 149 Å². The Morgan fingerprint density at radius 3 is 2.60 bits per heavy atom. The SMILES string of the molecule is OC[C@H]1N[C@H]([C@@H](O)CCCC[C@@H]2CCC[C@]3(CCCO3)O2)[C@@H](O)[C@@H]1O. The van der Waals surface area contributed by atoms with E-state index in [4.69, 9.17) is 14.6 Å². The highest BCUT2D eigenvalue weighted by molar-refractivity contribution is 5.00. The van der Waals surface area contributed by atoms with Gasteiger partial charge in [-0.15, -0.1) is 0 Å². The minimum Gasteiger partial charge on any atom is -0.395 e. The van der Waals surface area contributed by atoms with Gasteiger partial charge in [0.2, 0.25) is 0 Å². The van der Waals surface area contributed by atoms with Crippen LogP contribution >= 0.6 is 0 Å². The van der Waals surface area contributed by atoms with Crippen LogP contribution in [0.4, 0.5) is 0 Å². The number of aliphatic hydroxyl groups is 4. The molecule has 7 nitrogen and oxygen atoms in total. The van der Waals surface area contributed by atoms with Crippen molar-refractivity contribution in [2.45, 2.75) is 100 Å². The zero-order valence-electron chi connectivity index (χ0n) is 14.8. The van der Waals surface area contributed by atoms with E-state index in [0.717, 1.165) is 58.0 Å². The summed E-state index contributed by atoms with van der Waals surface area (Å²) in [7, 11) is 0. The maximum absolute atomic E-state index is 10.3. The predicted molar refractivity (Wildman–Crippen MR) is 90.9 cm³/mol. The van der Waals surface area contributed by atoms with Gasteiger partial charge in [0.05, 0.1) is 49.7 Å². The summed E-state index contributed by atoms with van der Waals surface area (Å²) in [5, 5.41) is 42.2. The molecule has 1 spiro atoms. The van der Waals surface area contributed by atoms with Crippen molar-refractivity contribution < 1.29 is 29.9 Å². The monoisotopic (exact) mass is 359 g/mol. The first kappa shape index (κ1) is 19.5. The first-order valence-corrected chi connectivity index (χ1v) is 9.77. The van der Waals surface area contributed by atoms with E-state index < -0.39 is 30.4 Å². The second kappa shape index (κ2) is 8.61. The van der Waals surface area contributed by atoms with Crippen molar-refractivity contribution in [3.8, 4) is 0 Å². The normalized spacial score (nSPS) is 43.0. The van der Waals surface area contributed by atoms with Crippen LogP contribution in [0, 0.1) is 0 Å². The van der Waals surface area contributed by atoms with Crippen molar-refractivity contribution in [1.82, 2.24) is 5.32 Å². The van der Waals surface area contributed by atoms with Gasteiger partial charge < -0.3 is 35.2 Å². The summed E-state index contributed by atoms with van der Waals surface area (Å²) >= 11 is 0. The van der Waals surface area contributed by atoms with Gasteiger partial charge in [-0.3, -0.25) is 0 Å². The van der Waals surface area contributed by atoms with E-state index in [1.807, 2.05) is 0 Å². The van der Waals surface area contributed by atoms with Crippen LogP contribution < -0.4 is 5.32 Å². The smallest absolute Gasteiger partial charge is 0.168 e. The molecule has 3 aliphatic rings. The fraction of sp³-hybridized carbons (Fsp3) is 1.00. The van der Waals surface area contributed by atoms with Crippen molar-refractivity contribution in [3.05, 3.63) is 0 Å². The van der Waals surface area contributed by atoms with Gasteiger partial charge in [-0.05, 0) is 32.1 Å². The molecule has 0 aromatic carbocycles. The van der Waals surface area contributed by atoms with Crippen LogP contribution in [0.25, 0.3) is 0 Å². The van der Waals surface area contributed by atoms with E-state index in [-0.39, 0.29) is 18.5 Å². The van der Waals surface area contributed by atoms with E-state index in [9.17, 15) is 15.3 Å². The van der Waals surface area contributed by atoms with Crippen LogP contribution in [-0.2, 0) is 9.47 Å².